The quantitative estimate of drug-likeness (QED) is 0.862. The Kier molecular flexibility index (Phi) is 4.09. The van der Waals surface area contributed by atoms with Gasteiger partial charge in [-0.25, -0.2) is 0 Å². The Hall–Kier alpha value is -2.53. The fraction of sp³-hybridized carbons (Fsp3) is 0.350. The van der Waals surface area contributed by atoms with E-state index in [1.165, 1.54) is 0 Å². The number of ether oxygens (including phenoxy) is 3. The summed E-state index contributed by atoms with van der Waals surface area (Å²) in [4.78, 5) is 12.2. The predicted octanol–water partition coefficient (Wildman–Crippen LogP) is 3.57. The molecule has 1 N–H and O–H groups in total. The van der Waals surface area contributed by atoms with Crippen LogP contribution < -0.4 is 9.47 Å². The van der Waals surface area contributed by atoms with Crippen molar-refractivity contribution in [1.82, 2.24) is 0 Å². The maximum atomic E-state index is 12.2. The molecule has 0 unspecified atom stereocenters. The first-order chi connectivity index (χ1) is 12.2. The summed E-state index contributed by atoms with van der Waals surface area (Å²) in [5.74, 6) is 2.21. The van der Waals surface area contributed by atoms with Gasteiger partial charge < -0.3 is 19.3 Å². The van der Waals surface area contributed by atoms with Crippen LogP contribution in [0.4, 0.5) is 0 Å². The third-order valence-electron chi connectivity index (χ3n) is 5.02. The van der Waals surface area contributed by atoms with Gasteiger partial charge in [-0.15, -0.1) is 0 Å². The number of fused-ring (bicyclic) bond motifs is 3. The summed E-state index contributed by atoms with van der Waals surface area (Å²) in [5, 5.41) is 9.52. The van der Waals surface area contributed by atoms with E-state index in [2.05, 4.69) is 0 Å². The van der Waals surface area contributed by atoms with Crippen molar-refractivity contribution in [2.24, 2.45) is 5.92 Å². The maximum absolute atomic E-state index is 12.2. The summed E-state index contributed by atoms with van der Waals surface area (Å²) < 4.78 is 16.7. The van der Waals surface area contributed by atoms with Crippen molar-refractivity contribution < 1.29 is 24.1 Å². The average molecular weight is 340 g/mol. The number of phenols is 1. The summed E-state index contributed by atoms with van der Waals surface area (Å²) in [6, 6.07) is 12.7. The molecule has 3 atom stereocenters. The molecule has 5 heteroatoms. The zero-order chi connectivity index (χ0) is 17.4. The number of hydrogen-bond acceptors (Lipinski definition) is 5. The van der Waals surface area contributed by atoms with E-state index in [0.29, 0.717) is 18.6 Å². The number of aromatic hydroxyl groups is 1. The van der Waals surface area contributed by atoms with E-state index < -0.39 is 0 Å². The zero-order valence-corrected chi connectivity index (χ0v) is 14.0. The van der Waals surface area contributed by atoms with Crippen LogP contribution in [0.5, 0.6) is 17.2 Å². The summed E-state index contributed by atoms with van der Waals surface area (Å²) in [6.07, 6.45) is 0.859. The van der Waals surface area contributed by atoms with E-state index in [0.717, 1.165) is 16.9 Å². The Morgan fingerprint density at radius 3 is 2.72 bits per heavy atom. The molecule has 1 heterocycles. The van der Waals surface area contributed by atoms with Gasteiger partial charge in [-0.05, 0) is 35.9 Å². The number of methoxy groups -OCH3 is 1. The highest BCUT2D eigenvalue weighted by Crippen LogP contribution is 2.53. The smallest absolute Gasteiger partial charge is 0.188 e. The highest BCUT2D eigenvalue weighted by molar-refractivity contribution is 5.83. The van der Waals surface area contributed by atoms with Crippen LogP contribution in [0.1, 0.15) is 36.0 Å². The van der Waals surface area contributed by atoms with Crippen molar-refractivity contribution in [2.45, 2.75) is 24.9 Å². The molecule has 25 heavy (non-hydrogen) atoms. The molecule has 0 radical (unpaired) electrons. The number of benzene rings is 2. The second-order valence-electron chi connectivity index (χ2n) is 6.60. The van der Waals surface area contributed by atoms with E-state index in [1.54, 1.807) is 19.2 Å². The standard InChI is InChI=1S/C20H20O5/c1-23-11-24-15-6-7-19-17(10-15)16-8-14(22)9-18(16)20(25-19)12-2-4-13(21)5-3-12/h2-7,10,16,18,20-21H,8-9,11H2,1H3/t16-,18-,20-/m1/s1. The average Bonchev–Trinajstić information content (AvgIpc) is 3.02. The Bertz CT molecular complexity index is 783. The molecule has 0 aromatic heterocycles. The topological polar surface area (TPSA) is 65.0 Å². The van der Waals surface area contributed by atoms with E-state index >= 15 is 0 Å². The number of carbonyl (C=O) groups is 1. The molecular weight excluding hydrogens is 320 g/mol. The van der Waals surface area contributed by atoms with Gasteiger partial charge in [-0.1, -0.05) is 12.1 Å². The van der Waals surface area contributed by atoms with Gasteiger partial charge in [0.25, 0.3) is 0 Å². The molecule has 0 bridgehead atoms. The number of Topliss-reactive ketones (excluding diaryl/α,β-unsaturated/α-hetero) is 1. The molecule has 5 nitrogen and oxygen atoms in total. The highest BCUT2D eigenvalue weighted by atomic mass is 16.7. The number of hydrogen-bond donors (Lipinski definition) is 1. The number of rotatable bonds is 4. The fourth-order valence-electron chi connectivity index (χ4n) is 3.89. The summed E-state index contributed by atoms with van der Waals surface area (Å²) >= 11 is 0. The van der Waals surface area contributed by atoms with Gasteiger partial charge in [0.15, 0.2) is 6.79 Å². The predicted molar refractivity (Wildman–Crippen MR) is 90.9 cm³/mol. The maximum Gasteiger partial charge on any atom is 0.188 e. The van der Waals surface area contributed by atoms with E-state index in [4.69, 9.17) is 14.2 Å². The Morgan fingerprint density at radius 1 is 1.16 bits per heavy atom. The lowest BCUT2D eigenvalue weighted by molar-refractivity contribution is -0.117. The minimum atomic E-state index is -0.185. The largest absolute Gasteiger partial charge is 0.508 e. The molecule has 2 aliphatic rings. The molecule has 1 aliphatic heterocycles. The number of ketones is 1. The van der Waals surface area contributed by atoms with Gasteiger partial charge >= 0.3 is 0 Å². The monoisotopic (exact) mass is 340 g/mol. The first-order valence-electron chi connectivity index (χ1n) is 8.38. The summed E-state index contributed by atoms with van der Waals surface area (Å²) in [7, 11) is 1.58. The van der Waals surface area contributed by atoms with Crippen LogP contribution in [-0.2, 0) is 9.53 Å². The third-order valence-corrected chi connectivity index (χ3v) is 5.02. The lowest BCUT2D eigenvalue weighted by atomic mass is 9.80. The van der Waals surface area contributed by atoms with Gasteiger partial charge in [-0.2, -0.15) is 0 Å². The normalized spacial score (nSPS) is 24.4. The first kappa shape index (κ1) is 16.0. The van der Waals surface area contributed by atoms with Crippen molar-refractivity contribution in [2.75, 3.05) is 13.9 Å². The molecule has 2 aromatic rings. The Morgan fingerprint density at radius 2 is 1.96 bits per heavy atom. The van der Waals surface area contributed by atoms with Crippen molar-refractivity contribution in [3.05, 3.63) is 53.6 Å². The molecule has 1 fully saturated rings. The molecule has 1 saturated carbocycles. The van der Waals surface area contributed by atoms with E-state index in [1.807, 2.05) is 30.3 Å². The molecule has 130 valence electrons. The van der Waals surface area contributed by atoms with Crippen LogP contribution in [0.3, 0.4) is 0 Å². The molecule has 0 saturated heterocycles. The lowest BCUT2D eigenvalue weighted by Crippen LogP contribution is -2.26. The van der Waals surface area contributed by atoms with Crippen LogP contribution >= 0.6 is 0 Å². The lowest BCUT2D eigenvalue weighted by Gasteiger charge is -2.36. The molecular formula is C20H20O5. The van der Waals surface area contributed by atoms with Gasteiger partial charge in [0, 0.05) is 37.4 Å². The summed E-state index contributed by atoms with van der Waals surface area (Å²) in [6.45, 7) is 0.183. The van der Waals surface area contributed by atoms with Crippen LogP contribution in [0, 0.1) is 5.92 Å². The zero-order valence-electron chi connectivity index (χ0n) is 14.0. The second kappa shape index (κ2) is 6.41. The molecule has 1 aliphatic carbocycles. The van der Waals surface area contributed by atoms with Crippen molar-refractivity contribution in [3.63, 3.8) is 0 Å². The molecule has 0 amide bonds. The van der Waals surface area contributed by atoms with Crippen LogP contribution in [0.25, 0.3) is 0 Å². The summed E-state index contributed by atoms with van der Waals surface area (Å²) in [5.41, 5.74) is 2.01. The van der Waals surface area contributed by atoms with Crippen molar-refractivity contribution in [1.29, 1.82) is 0 Å². The first-order valence-corrected chi connectivity index (χ1v) is 8.38. The fourth-order valence-corrected chi connectivity index (χ4v) is 3.89. The van der Waals surface area contributed by atoms with E-state index in [9.17, 15) is 9.90 Å². The number of carbonyl (C=O) groups excluding carboxylic acids is 1. The van der Waals surface area contributed by atoms with Gasteiger partial charge in [0.1, 0.15) is 29.1 Å². The molecule has 2 aromatic carbocycles. The Labute approximate surface area is 146 Å². The minimum Gasteiger partial charge on any atom is -0.508 e. The van der Waals surface area contributed by atoms with Gasteiger partial charge in [0.2, 0.25) is 0 Å². The van der Waals surface area contributed by atoms with E-state index in [-0.39, 0.29) is 36.3 Å². The molecule has 4 rings (SSSR count). The van der Waals surface area contributed by atoms with Gasteiger partial charge in [-0.3, -0.25) is 4.79 Å². The van der Waals surface area contributed by atoms with Gasteiger partial charge in [0.05, 0.1) is 0 Å². The molecule has 0 spiro atoms. The van der Waals surface area contributed by atoms with Crippen LogP contribution in [0.15, 0.2) is 42.5 Å². The Balaban J connectivity index is 1.70. The highest BCUT2D eigenvalue weighted by Gasteiger charge is 2.45. The van der Waals surface area contributed by atoms with Crippen LogP contribution in [-0.4, -0.2) is 24.8 Å². The second-order valence-corrected chi connectivity index (χ2v) is 6.60. The van der Waals surface area contributed by atoms with Crippen molar-refractivity contribution >= 4 is 5.78 Å². The van der Waals surface area contributed by atoms with Crippen molar-refractivity contribution in [3.8, 4) is 17.2 Å². The minimum absolute atomic E-state index is 0.0993. The van der Waals surface area contributed by atoms with Crippen LogP contribution in [0.2, 0.25) is 0 Å². The SMILES string of the molecule is COCOc1ccc2c(c1)[C@H]1CC(=O)C[C@H]1[C@@H](c1ccc(O)cc1)O2. The number of phenolic OH excluding ortho intramolecular Hbond substituents is 1. The third kappa shape index (κ3) is 2.96.